The number of amides is 1. The summed E-state index contributed by atoms with van der Waals surface area (Å²) in [6, 6.07) is 13.4. The number of para-hydroxylation sites is 1. The van der Waals surface area contributed by atoms with Crippen LogP contribution in [0.25, 0.3) is 0 Å². The topological polar surface area (TPSA) is 81.7 Å². The summed E-state index contributed by atoms with van der Waals surface area (Å²) in [7, 11) is 0. The van der Waals surface area contributed by atoms with Crippen LogP contribution in [0.3, 0.4) is 0 Å². The number of benzene rings is 2. The number of hydrogen-bond donors (Lipinski definition) is 1. The van der Waals surface area contributed by atoms with Crippen LogP contribution in [0, 0.1) is 0 Å². The quantitative estimate of drug-likeness (QED) is 0.579. The second-order valence-electron chi connectivity index (χ2n) is 4.66. The highest BCUT2D eigenvalue weighted by atomic mass is 79.9. The van der Waals surface area contributed by atoms with Crippen LogP contribution in [0.5, 0.6) is 5.75 Å². The van der Waals surface area contributed by atoms with Crippen molar-refractivity contribution in [3.8, 4) is 5.75 Å². The molecule has 2 aromatic rings. The van der Waals surface area contributed by atoms with Crippen molar-refractivity contribution < 1.29 is 23.9 Å². The Morgan fingerprint density at radius 3 is 2.42 bits per heavy atom. The molecule has 0 atom stereocenters. The van der Waals surface area contributed by atoms with Crippen molar-refractivity contribution in [2.45, 2.75) is 0 Å². The molecule has 24 heavy (non-hydrogen) atoms. The molecule has 0 bridgehead atoms. The molecular weight excluding hydrogens is 378 g/mol. The number of carbonyl (C=O) groups is 3. The zero-order valence-electron chi connectivity index (χ0n) is 12.5. The third kappa shape index (κ3) is 5.51. The Kier molecular flexibility index (Phi) is 6.51. The van der Waals surface area contributed by atoms with Gasteiger partial charge in [0, 0.05) is 10.0 Å². The molecule has 0 aromatic heterocycles. The molecule has 0 aliphatic rings. The number of carbonyl (C=O) groups excluding carboxylic acids is 3. The van der Waals surface area contributed by atoms with E-state index in [1.807, 2.05) is 6.07 Å². The number of ether oxygens (including phenoxy) is 2. The van der Waals surface area contributed by atoms with Crippen LogP contribution in [0.15, 0.2) is 53.0 Å². The van der Waals surface area contributed by atoms with Crippen molar-refractivity contribution in [3.05, 3.63) is 58.6 Å². The Hall–Kier alpha value is -2.67. The van der Waals surface area contributed by atoms with E-state index >= 15 is 0 Å². The third-order valence-corrected chi connectivity index (χ3v) is 3.58. The SMILES string of the molecule is O=Cc1ccc(OCC(=O)OCC(=O)Nc2ccccc2Br)cc1. The summed E-state index contributed by atoms with van der Waals surface area (Å²) < 4.78 is 10.8. The van der Waals surface area contributed by atoms with E-state index in [9.17, 15) is 14.4 Å². The highest BCUT2D eigenvalue weighted by molar-refractivity contribution is 9.10. The second-order valence-corrected chi connectivity index (χ2v) is 5.52. The molecule has 1 N–H and O–H groups in total. The van der Waals surface area contributed by atoms with E-state index in [2.05, 4.69) is 21.2 Å². The van der Waals surface area contributed by atoms with Gasteiger partial charge >= 0.3 is 5.97 Å². The van der Waals surface area contributed by atoms with Crippen molar-refractivity contribution in [1.82, 2.24) is 0 Å². The molecule has 1 amide bonds. The molecule has 0 unspecified atom stereocenters. The van der Waals surface area contributed by atoms with Crippen molar-refractivity contribution in [2.75, 3.05) is 18.5 Å². The molecule has 7 heteroatoms. The van der Waals surface area contributed by atoms with E-state index in [1.54, 1.807) is 42.5 Å². The maximum absolute atomic E-state index is 11.7. The minimum Gasteiger partial charge on any atom is -0.482 e. The lowest BCUT2D eigenvalue weighted by Gasteiger charge is -2.09. The van der Waals surface area contributed by atoms with Gasteiger partial charge in [-0.3, -0.25) is 9.59 Å². The zero-order valence-corrected chi connectivity index (χ0v) is 14.1. The first kappa shape index (κ1) is 17.7. The summed E-state index contributed by atoms with van der Waals surface area (Å²) in [6.45, 7) is -0.740. The van der Waals surface area contributed by atoms with Gasteiger partial charge in [0.2, 0.25) is 0 Å². The Morgan fingerprint density at radius 2 is 1.75 bits per heavy atom. The fourth-order valence-corrected chi connectivity index (χ4v) is 2.11. The van der Waals surface area contributed by atoms with Crippen LogP contribution in [0.4, 0.5) is 5.69 Å². The van der Waals surface area contributed by atoms with Gasteiger partial charge in [0.25, 0.3) is 5.91 Å². The number of halogens is 1. The molecule has 2 aromatic carbocycles. The van der Waals surface area contributed by atoms with Gasteiger partial charge in [-0.2, -0.15) is 0 Å². The lowest BCUT2D eigenvalue weighted by Crippen LogP contribution is -2.23. The average molecular weight is 392 g/mol. The zero-order chi connectivity index (χ0) is 17.4. The van der Waals surface area contributed by atoms with E-state index < -0.39 is 18.5 Å². The molecule has 124 valence electrons. The molecule has 0 heterocycles. The van der Waals surface area contributed by atoms with Crippen LogP contribution in [0.1, 0.15) is 10.4 Å². The Bertz CT molecular complexity index is 730. The molecule has 0 fully saturated rings. The van der Waals surface area contributed by atoms with Gasteiger partial charge in [-0.1, -0.05) is 12.1 Å². The maximum Gasteiger partial charge on any atom is 0.344 e. The van der Waals surface area contributed by atoms with Gasteiger partial charge < -0.3 is 14.8 Å². The summed E-state index contributed by atoms with van der Waals surface area (Å²) in [5.41, 5.74) is 1.10. The molecule has 0 saturated carbocycles. The summed E-state index contributed by atoms with van der Waals surface area (Å²) in [6.07, 6.45) is 0.710. The average Bonchev–Trinajstić information content (AvgIpc) is 2.60. The third-order valence-electron chi connectivity index (χ3n) is 2.89. The molecule has 0 aliphatic carbocycles. The molecular formula is C17H14BrNO5. The molecule has 0 saturated heterocycles. The lowest BCUT2D eigenvalue weighted by molar-refractivity contribution is -0.149. The summed E-state index contributed by atoms with van der Waals surface area (Å²) in [5.74, 6) is -0.697. The van der Waals surface area contributed by atoms with Gasteiger partial charge in [0.05, 0.1) is 5.69 Å². The first-order valence-corrected chi connectivity index (χ1v) is 7.76. The molecule has 0 spiro atoms. The number of nitrogens with one attached hydrogen (secondary N) is 1. The van der Waals surface area contributed by atoms with Gasteiger partial charge in [0.1, 0.15) is 12.0 Å². The molecule has 6 nitrogen and oxygen atoms in total. The second kappa shape index (κ2) is 8.83. The van der Waals surface area contributed by atoms with Crippen LogP contribution >= 0.6 is 15.9 Å². The highest BCUT2D eigenvalue weighted by Crippen LogP contribution is 2.20. The summed E-state index contributed by atoms with van der Waals surface area (Å²) in [4.78, 5) is 33.8. The minimum atomic E-state index is -0.670. The Balaban J connectivity index is 1.73. The van der Waals surface area contributed by atoms with Gasteiger partial charge in [-0.05, 0) is 52.3 Å². The smallest absolute Gasteiger partial charge is 0.344 e. The number of esters is 1. The first-order chi connectivity index (χ1) is 11.6. The van der Waals surface area contributed by atoms with Gasteiger partial charge in [0.15, 0.2) is 13.2 Å². The molecule has 0 radical (unpaired) electrons. The van der Waals surface area contributed by atoms with Crippen LogP contribution in [-0.4, -0.2) is 31.4 Å². The van der Waals surface area contributed by atoms with Crippen LogP contribution < -0.4 is 10.1 Å². The van der Waals surface area contributed by atoms with E-state index in [-0.39, 0.29) is 6.61 Å². The number of aldehydes is 1. The van der Waals surface area contributed by atoms with Gasteiger partial charge in [-0.25, -0.2) is 4.79 Å². The van der Waals surface area contributed by atoms with Crippen LogP contribution in [0.2, 0.25) is 0 Å². The lowest BCUT2D eigenvalue weighted by atomic mass is 10.2. The van der Waals surface area contributed by atoms with Crippen molar-refractivity contribution in [2.24, 2.45) is 0 Å². The number of anilines is 1. The minimum absolute atomic E-state index is 0.331. The highest BCUT2D eigenvalue weighted by Gasteiger charge is 2.10. The van der Waals surface area contributed by atoms with E-state index in [1.165, 1.54) is 0 Å². The summed E-state index contributed by atoms with van der Waals surface area (Å²) in [5, 5.41) is 2.62. The Morgan fingerprint density at radius 1 is 1.04 bits per heavy atom. The standard InChI is InChI=1S/C17H14BrNO5/c18-14-3-1-2-4-15(14)19-16(21)10-24-17(22)11-23-13-7-5-12(9-20)6-8-13/h1-9H,10-11H2,(H,19,21). The summed E-state index contributed by atoms with van der Waals surface area (Å²) >= 11 is 3.30. The predicted octanol–water partition coefficient (Wildman–Crippen LogP) is 2.82. The molecule has 0 aliphatic heterocycles. The number of rotatable bonds is 7. The van der Waals surface area contributed by atoms with Crippen molar-refractivity contribution in [1.29, 1.82) is 0 Å². The predicted molar refractivity (Wildman–Crippen MR) is 91.1 cm³/mol. The van der Waals surface area contributed by atoms with Crippen molar-refractivity contribution >= 4 is 39.8 Å². The Labute approximate surface area is 146 Å². The van der Waals surface area contributed by atoms with E-state index in [0.717, 1.165) is 4.47 Å². The van der Waals surface area contributed by atoms with Crippen molar-refractivity contribution in [3.63, 3.8) is 0 Å². The largest absolute Gasteiger partial charge is 0.482 e. The maximum atomic E-state index is 11.7. The van der Waals surface area contributed by atoms with E-state index in [0.29, 0.717) is 23.3 Å². The molecule has 2 rings (SSSR count). The first-order valence-electron chi connectivity index (χ1n) is 6.96. The fourth-order valence-electron chi connectivity index (χ4n) is 1.72. The fraction of sp³-hybridized carbons (Fsp3) is 0.118. The van der Waals surface area contributed by atoms with Gasteiger partial charge in [-0.15, -0.1) is 0 Å². The number of hydrogen-bond acceptors (Lipinski definition) is 5. The monoisotopic (exact) mass is 391 g/mol. The van der Waals surface area contributed by atoms with Crippen LogP contribution in [-0.2, 0) is 14.3 Å². The van der Waals surface area contributed by atoms with E-state index in [4.69, 9.17) is 9.47 Å². The normalized spacial score (nSPS) is 9.88.